The van der Waals surface area contributed by atoms with Crippen LogP contribution < -0.4 is 10.6 Å². The Morgan fingerprint density at radius 1 is 1.31 bits per heavy atom. The lowest BCUT2D eigenvalue weighted by Gasteiger charge is -2.32. The van der Waals surface area contributed by atoms with Gasteiger partial charge in [0.2, 0.25) is 5.91 Å². The number of rotatable bonds is 3. The first-order valence-electron chi connectivity index (χ1n) is 5.24. The van der Waals surface area contributed by atoms with Gasteiger partial charge in [-0.15, -0.1) is 0 Å². The van der Waals surface area contributed by atoms with E-state index in [1.807, 2.05) is 0 Å². The number of nitrogens with one attached hydrogen (secondary N) is 2. The van der Waals surface area contributed by atoms with E-state index < -0.39 is 0 Å². The first-order valence-corrected chi connectivity index (χ1v) is 5.24. The maximum Gasteiger partial charge on any atom is 0.217 e. The first kappa shape index (κ1) is 10.5. The van der Waals surface area contributed by atoms with Crippen molar-refractivity contribution in [2.45, 2.75) is 51.6 Å². The van der Waals surface area contributed by atoms with Crippen LogP contribution in [0, 0.1) is 0 Å². The number of hydrogen-bond donors (Lipinski definition) is 2. The van der Waals surface area contributed by atoms with Crippen LogP contribution in [0.15, 0.2) is 0 Å². The smallest absolute Gasteiger partial charge is 0.217 e. The van der Waals surface area contributed by atoms with Crippen molar-refractivity contribution in [1.29, 1.82) is 0 Å². The van der Waals surface area contributed by atoms with Crippen LogP contribution >= 0.6 is 0 Å². The third-order valence-electron chi connectivity index (χ3n) is 2.62. The van der Waals surface area contributed by atoms with Crippen LogP contribution in [0.5, 0.6) is 0 Å². The van der Waals surface area contributed by atoms with Crippen molar-refractivity contribution >= 4 is 5.91 Å². The summed E-state index contributed by atoms with van der Waals surface area (Å²) in [7, 11) is 0. The molecule has 1 aliphatic rings. The van der Waals surface area contributed by atoms with E-state index in [9.17, 15) is 4.79 Å². The van der Waals surface area contributed by atoms with Crippen molar-refractivity contribution in [2.75, 3.05) is 6.54 Å². The number of likely N-dealkylation sites (N-methyl/N-ethyl adjacent to an activating group) is 1. The highest BCUT2D eigenvalue weighted by Gasteiger charge is 2.24. The van der Waals surface area contributed by atoms with Crippen molar-refractivity contribution in [1.82, 2.24) is 10.6 Å². The summed E-state index contributed by atoms with van der Waals surface area (Å²) in [4.78, 5) is 10.9. The molecule has 0 unspecified atom stereocenters. The molecule has 1 saturated carbocycles. The van der Waals surface area contributed by atoms with Gasteiger partial charge in [-0.05, 0) is 19.4 Å². The van der Waals surface area contributed by atoms with Crippen LogP contribution in [-0.2, 0) is 4.79 Å². The van der Waals surface area contributed by atoms with Crippen molar-refractivity contribution in [2.24, 2.45) is 0 Å². The second kappa shape index (κ2) is 5.22. The zero-order valence-electron chi connectivity index (χ0n) is 8.60. The second-order valence-corrected chi connectivity index (χ2v) is 3.76. The van der Waals surface area contributed by atoms with Crippen molar-refractivity contribution in [3.63, 3.8) is 0 Å². The monoisotopic (exact) mass is 184 g/mol. The van der Waals surface area contributed by atoms with Gasteiger partial charge in [-0.1, -0.05) is 19.8 Å². The molecule has 2 N–H and O–H groups in total. The SMILES string of the molecule is CCN[C@@H]1CCCC[C@@H]1NC(C)=O. The number of carbonyl (C=O) groups is 1. The lowest BCUT2D eigenvalue weighted by atomic mass is 9.90. The minimum Gasteiger partial charge on any atom is -0.352 e. The van der Waals surface area contributed by atoms with Crippen molar-refractivity contribution in [3.8, 4) is 0 Å². The molecule has 0 heterocycles. The molecule has 0 aliphatic heterocycles. The molecule has 0 saturated heterocycles. The standard InChI is InChI=1S/C10H20N2O/c1-3-11-9-6-4-5-7-10(9)12-8(2)13/h9-11H,3-7H2,1-2H3,(H,12,13)/t9-,10+/m1/s1. The summed E-state index contributed by atoms with van der Waals surface area (Å²) in [6, 6.07) is 0.842. The Bertz CT molecular complexity index is 168. The Morgan fingerprint density at radius 3 is 2.46 bits per heavy atom. The van der Waals surface area contributed by atoms with E-state index in [-0.39, 0.29) is 5.91 Å². The highest BCUT2D eigenvalue weighted by atomic mass is 16.1. The quantitative estimate of drug-likeness (QED) is 0.688. The molecule has 3 heteroatoms. The molecule has 1 amide bonds. The molecule has 0 spiro atoms. The van der Waals surface area contributed by atoms with Crippen LogP contribution in [0.3, 0.4) is 0 Å². The predicted octanol–water partition coefficient (Wildman–Crippen LogP) is 1.04. The number of hydrogen-bond acceptors (Lipinski definition) is 2. The molecule has 13 heavy (non-hydrogen) atoms. The topological polar surface area (TPSA) is 41.1 Å². The molecule has 3 nitrogen and oxygen atoms in total. The van der Waals surface area contributed by atoms with Crippen LogP contribution in [0.1, 0.15) is 39.5 Å². The first-order chi connectivity index (χ1) is 6.24. The van der Waals surface area contributed by atoms with Crippen LogP contribution in [0.2, 0.25) is 0 Å². The van der Waals surface area contributed by atoms with Gasteiger partial charge in [0, 0.05) is 19.0 Å². The summed E-state index contributed by atoms with van der Waals surface area (Å²) in [6.45, 7) is 4.69. The molecule has 1 fully saturated rings. The molecule has 0 aromatic carbocycles. The molecular formula is C10H20N2O. The molecular weight excluding hydrogens is 164 g/mol. The summed E-state index contributed by atoms with van der Waals surface area (Å²) in [5, 5.41) is 6.44. The molecule has 0 aromatic rings. The summed E-state index contributed by atoms with van der Waals surface area (Å²) in [5.74, 6) is 0.0924. The Morgan fingerprint density at radius 2 is 1.92 bits per heavy atom. The van der Waals surface area contributed by atoms with Gasteiger partial charge in [-0.3, -0.25) is 4.79 Å². The molecule has 0 bridgehead atoms. The van der Waals surface area contributed by atoms with E-state index >= 15 is 0 Å². The Balaban J connectivity index is 2.41. The molecule has 2 atom stereocenters. The van der Waals surface area contributed by atoms with Gasteiger partial charge in [0.15, 0.2) is 0 Å². The van der Waals surface area contributed by atoms with Gasteiger partial charge in [0.25, 0.3) is 0 Å². The van der Waals surface area contributed by atoms with E-state index in [0.29, 0.717) is 12.1 Å². The third kappa shape index (κ3) is 3.35. The fourth-order valence-corrected chi connectivity index (χ4v) is 2.07. The molecule has 76 valence electrons. The van der Waals surface area contributed by atoms with Crippen molar-refractivity contribution < 1.29 is 4.79 Å². The number of carbonyl (C=O) groups excluding carboxylic acids is 1. The summed E-state index contributed by atoms with van der Waals surface area (Å²) in [5.41, 5.74) is 0. The van der Waals surface area contributed by atoms with E-state index in [0.717, 1.165) is 13.0 Å². The molecule has 1 aliphatic carbocycles. The average molecular weight is 184 g/mol. The van der Waals surface area contributed by atoms with Crippen LogP contribution in [0.4, 0.5) is 0 Å². The van der Waals surface area contributed by atoms with E-state index in [4.69, 9.17) is 0 Å². The highest BCUT2D eigenvalue weighted by molar-refractivity contribution is 5.73. The highest BCUT2D eigenvalue weighted by Crippen LogP contribution is 2.18. The van der Waals surface area contributed by atoms with E-state index in [2.05, 4.69) is 17.6 Å². The fraction of sp³-hybridized carbons (Fsp3) is 0.900. The Labute approximate surface area is 80.3 Å². The summed E-state index contributed by atoms with van der Waals surface area (Å²) < 4.78 is 0. The largest absolute Gasteiger partial charge is 0.352 e. The van der Waals surface area contributed by atoms with Gasteiger partial charge in [-0.2, -0.15) is 0 Å². The lowest BCUT2D eigenvalue weighted by Crippen LogP contribution is -2.51. The lowest BCUT2D eigenvalue weighted by molar-refractivity contribution is -0.120. The van der Waals surface area contributed by atoms with Gasteiger partial charge in [-0.25, -0.2) is 0 Å². The van der Waals surface area contributed by atoms with Gasteiger partial charge < -0.3 is 10.6 Å². The van der Waals surface area contributed by atoms with E-state index in [1.54, 1.807) is 6.92 Å². The van der Waals surface area contributed by atoms with Gasteiger partial charge in [0.1, 0.15) is 0 Å². The molecule has 1 rings (SSSR count). The maximum absolute atomic E-state index is 10.9. The minimum atomic E-state index is 0.0924. The second-order valence-electron chi connectivity index (χ2n) is 3.76. The normalized spacial score (nSPS) is 28.5. The summed E-state index contributed by atoms with van der Waals surface area (Å²) >= 11 is 0. The molecule has 0 radical (unpaired) electrons. The van der Waals surface area contributed by atoms with Crippen LogP contribution in [0.25, 0.3) is 0 Å². The summed E-state index contributed by atoms with van der Waals surface area (Å²) in [6.07, 6.45) is 4.84. The predicted molar refractivity (Wildman–Crippen MR) is 53.5 cm³/mol. The van der Waals surface area contributed by atoms with Crippen LogP contribution in [-0.4, -0.2) is 24.5 Å². The third-order valence-corrected chi connectivity index (χ3v) is 2.62. The zero-order chi connectivity index (χ0) is 9.68. The Kier molecular flexibility index (Phi) is 4.22. The average Bonchev–Trinajstić information content (AvgIpc) is 2.08. The fourth-order valence-electron chi connectivity index (χ4n) is 2.07. The Hall–Kier alpha value is -0.570. The minimum absolute atomic E-state index is 0.0924. The van der Waals surface area contributed by atoms with E-state index in [1.165, 1.54) is 19.3 Å². The van der Waals surface area contributed by atoms with Gasteiger partial charge in [0.05, 0.1) is 0 Å². The zero-order valence-corrected chi connectivity index (χ0v) is 8.60. The van der Waals surface area contributed by atoms with Gasteiger partial charge >= 0.3 is 0 Å². The van der Waals surface area contributed by atoms with Crippen molar-refractivity contribution in [3.05, 3.63) is 0 Å². The number of amides is 1. The molecule has 0 aromatic heterocycles. The maximum atomic E-state index is 10.9.